The summed E-state index contributed by atoms with van der Waals surface area (Å²) in [4.78, 5) is 31.5. The molecule has 6 nitrogen and oxygen atoms in total. The Kier molecular flexibility index (Phi) is 4.92. The zero-order chi connectivity index (χ0) is 17.9. The molecule has 2 aromatic heterocycles. The Bertz CT molecular complexity index is 1010. The van der Waals surface area contributed by atoms with Gasteiger partial charge in [0.2, 0.25) is 11.3 Å². The zero-order valence-electron chi connectivity index (χ0n) is 14.2. The van der Waals surface area contributed by atoms with Crippen LogP contribution in [-0.4, -0.2) is 48.6 Å². The average Bonchev–Trinajstić information content (AvgIpc) is 2.68. The number of hydrogen-bond donors (Lipinski definition) is 1. The lowest BCUT2D eigenvalue weighted by Gasteiger charge is -2.26. The van der Waals surface area contributed by atoms with Gasteiger partial charge in [-0.1, -0.05) is 12.1 Å². The number of aromatic nitrogens is 1. The SMILES string of the molecule is O=C(CCN1CCOCC1)Nc1ccc2sc3ccccc3c(=O)c2n1. The van der Waals surface area contributed by atoms with Crippen molar-refractivity contribution in [1.82, 2.24) is 9.88 Å². The summed E-state index contributed by atoms with van der Waals surface area (Å²) in [5, 5.41) is 3.47. The molecule has 7 heteroatoms. The number of nitrogens with one attached hydrogen (secondary N) is 1. The molecule has 1 aromatic carbocycles. The molecule has 0 saturated carbocycles. The van der Waals surface area contributed by atoms with Gasteiger partial charge in [-0.15, -0.1) is 11.3 Å². The van der Waals surface area contributed by atoms with E-state index in [2.05, 4.69) is 15.2 Å². The molecule has 3 heterocycles. The summed E-state index contributed by atoms with van der Waals surface area (Å²) in [7, 11) is 0. The number of amides is 1. The maximum atomic E-state index is 12.7. The third kappa shape index (κ3) is 3.60. The highest BCUT2D eigenvalue weighted by molar-refractivity contribution is 7.24. The molecule has 1 saturated heterocycles. The highest BCUT2D eigenvalue weighted by Gasteiger charge is 2.13. The number of carbonyl (C=O) groups excluding carboxylic acids is 1. The molecule has 1 fully saturated rings. The minimum Gasteiger partial charge on any atom is -0.379 e. The first kappa shape index (κ1) is 17.1. The van der Waals surface area contributed by atoms with Crippen molar-refractivity contribution in [3.63, 3.8) is 0 Å². The number of morpholine rings is 1. The second-order valence-corrected chi connectivity index (χ2v) is 7.31. The van der Waals surface area contributed by atoms with Gasteiger partial charge in [0.15, 0.2) is 0 Å². The van der Waals surface area contributed by atoms with Crippen LogP contribution in [0, 0.1) is 0 Å². The highest BCUT2D eigenvalue weighted by Crippen LogP contribution is 2.24. The number of ether oxygens (including phenoxy) is 1. The molecule has 4 rings (SSSR count). The Morgan fingerprint density at radius 3 is 2.81 bits per heavy atom. The van der Waals surface area contributed by atoms with Gasteiger partial charge in [-0.25, -0.2) is 4.98 Å². The summed E-state index contributed by atoms with van der Waals surface area (Å²) < 4.78 is 7.06. The first-order valence-corrected chi connectivity index (χ1v) is 9.45. The van der Waals surface area contributed by atoms with Gasteiger partial charge in [-0.3, -0.25) is 14.5 Å². The summed E-state index contributed by atoms with van der Waals surface area (Å²) in [6, 6.07) is 11.1. The molecule has 1 amide bonds. The van der Waals surface area contributed by atoms with Gasteiger partial charge < -0.3 is 10.1 Å². The number of pyridine rings is 1. The van der Waals surface area contributed by atoms with Crippen molar-refractivity contribution < 1.29 is 9.53 Å². The molecule has 0 spiro atoms. The van der Waals surface area contributed by atoms with Crippen LogP contribution in [0.1, 0.15) is 6.42 Å². The Hall–Kier alpha value is -2.35. The molecule has 0 unspecified atom stereocenters. The van der Waals surface area contributed by atoms with Crippen LogP contribution in [-0.2, 0) is 9.53 Å². The molecule has 1 aliphatic rings. The number of anilines is 1. The molecule has 1 aliphatic heterocycles. The van der Waals surface area contributed by atoms with E-state index in [9.17, 15) is 9.59 Å². The van der Waals surface area contributed by atoms with Crippen LogP contribution >= 0.6 is 11.3 Å². The number of benzene rings is 1. The maximum absolute atomic E-state index is 12.7. The molecule has 1 N–H and O–H groups in total. The van der Waals surface area contributed by atoms with E-state index in [1.165, 1.54) is 11.3 Å². The van der Waals surface area contributed by atoms with E-state index >= 15 is 0 Å². The fourth-order valence-electron chi connectivity index (χ4n) is 3.04. The van der Waals surface area contributed by atoms with Crippen LogP contribution in [0.4, 0.5) is 5.82 Å². The number of rotatable bonds is 4. The minimum absolute atomic E-state index is 0.0970. The molecule has 0 radical (unpaired) electrons. The summed E-state index contributed by atoms with van der Waals surface area (Å²) in [6.45, 7) is 3.85. The second kappa shape index (κ2) is 7.49. The quantitative estimate of drug-likeness (QED) is 0.716. The molecule has 0 atom stereocenters. The van der Waals surface area contributed by atoms with E-state index < -0.39 is 0 Å². The van der Waals surface area contributed by atoms with Crippen molar-refractivity contribution in [3.8, 4) is 0 Å². The Morgan fingerprint density at radius 1 is 1.15 bits per heavy atom. The van der Waals surface area contributed by atoms with Crippen molar-refractivity contribution in [2.75, 3.05) is 38.2 Å². The summed E-state index contributed by atoms with van der Waals surface area (Å²) >= 11 is 1.53. The van der Waals surface area contributed by atoms with E-state index in [1.807, 2.05) is 30.3 Å². The predicted molar refractivity (Wildman–Crippen MR) is 104 cm³/mol. The fraction of sp³-hybridized carbons (Fsp3) is 0.316. The smallest absolute Gasteiger partial charge is 0.226 e. The second-order valence-electron chi connectivity index (χ2n) is 6.22. The first-order valence-electron chi connectivity index (χ1n) is 8.63. The van der Waals surface area contributed by atoms with Gasteiger partial charge in [0.05, 0.1) is 17.9 Å². The summed E-state index contributed by atoms with van der Waals surface area (Å²) in [5.41, 5.74) is 0.304. The van der Waals surface area contributed by atoms with E-state index in [1.54, 1.807) is 6.07 Å². The van der Waals surface area contributed by atoms with Crippen LogP contribution < -0.4 is 10.7 Å². The van der Waals surface area contributed by atoms with Gasteiger partial charge in [-0.2, -0.15) is 0 Å². The topological polar surface area (TPSA) is 71.5 Å². The van der Waals surface area contributed by atoms with E-state index in [0.29, 0.717) is 29.7 Å². The van der Waals surface area contributed by atoms with Crippen LogP contribution in [0.2, 0.25) is 0 Å². The fourth-order valence-corrected chi connectivity index (χ4v) is 4.07. The van der Waals surface area contributed by atoms with Crippen LogP contribution in [0.25, 0.3) is 20.3 Å². The monoisotopic (exact) mass is 369 g/mol. The summed E-state index contributed by atoms with van der Waals surface area (Å²) in [6.07, 6.45) is 0.393. The average molecular weight is 369 g/mol. The lowest BCUT2D eigenvalue weighted by molar-refractivity contribution is -0.116. The van der Waals surface area contributed by atoms with Gasteiger partial charge >= 0.3 is 0 Å². The van der Waals surface area contributed by atoms with Gasteiger partial charge in [-0.05, 0) is 24.3 Å². The zero-order valence-corrected chi connectivity index (χ0v) is 15.1. The van der Waals surface area contributed by atoms with E-state index in [0.717, 1.165) is 35.7 Å². The lowest BCUT2D eigenvalue weighted by atomic mass is 10.2. The first-order chi connectivity index (χ1) is 12.7. The lowest BCUT2D eigenvalue weighted by Crippen LogP contribution is -2.38. The number of fused-ring (bicyclic) bond motifs is 2. The molecule has 134 valence electrons. The third-order valence-electron chi connectivity index (χ3n) is 4.45. The third-order valence-corrected chi connectivity index (χ3v) is 5.58. The highest BCUT2D eigenvalue weighted by atomic mass is 32.1. The van der Waals surface area contributed by atoms with Gasteiger partial charge in [0, 0.05) is 36.1 Å². The molecule has 0 bridgehead atoms. The minimum atomic E-state index is -0.0984. The number of nitrogens with zero attached hydrogens (tertiary/aromatic N) is 2. The van der Waals surface area contributed by atoms with Crippen molar-refractivity contribution in [2.45, 2.75) is 6.42 Å². The molecule has 0 aliphatic carbocycles. The van der Waals surface area contributed by atoms with Crippen molar-refractivity contribution in [3.05, 3.63) is 46.6 Å². The standard InChI is InChI=1S/C19H19N3O3S/c23-17(7-8-22-9-11-25-12-10-22)20-16-6-5-15-18(21-16)19(24)13-3-1-2-4-14(13)26-15/h1-6H,7-12H2,(H,20,21,23). The largest absolute Gasteiger partial charge is 0.379 e. The van der Waals surface area contributed by atoms with E-state index in [4.69, 9.17) is 4.74 Å². The van der Waals surface area contributed by atoms with Crippen LogP contribution in [0.15, 0.2) is 41.2 Å². The van der Waals surface area contributed by atoms with Crippen molar-refractivity contribution in [1.29, 1.82) is 0 Å². The van der Waals surface area contributed by atoms with Gasteiger partial charge in [0.1, 0.15) is 11.3 Å². The maximum Gasteiger partial charge on any atom is 0.226 e. The predicted octanol–water partition coefficient (Wildman–Crippen LogP) is 2.47. The Morgan fingerprint density at radius 2 is 1.96 bits per heavy atom. The summed E-state index contributed by atoms with van der Waals surface area (Å²) in [5.74, 6) is 0.323. The molecule has 26 heavy (non-hydrogen) atoms. The van der Waals surface area contributed by atoms with Crippen molar-refractivity contribution >= 4 is 43.4 Å². The molecule has 3 aromatic rings. The number of carbonyl (C=O) groups is 1. The number of hydrogen-bond acceptors (Lipinski definition) is 6. The van der Waals surface area contributed by atoms with Crippen molar-refractivity contribution in [2.24, 2.45) is 0 Å². The normalized spacial score (nSPS) is 15.4. The Labute approximate surface area is 154 Å². The molecular formula is C19H19N3O3S. The van der Waals surface area contributed by atoms with Crippen LogP contribution in [0.5, 0.6) is 0 Å². The van der Waals surface area contributed by atoms with Gasteiger partial charge in [0.25, 0.3) is 0 Å². The van der Waals surface area contributed by atoms with E-state index in [-0.39, 0.29) is 11.3 Å². The molecular weight excluding hydrogens is 350 g/mol. The van der Waals surface area contributed by atoms with Crippen LogP contribution in [0.3, 0.4) is 0 Å². The Balaban J connectivity index is 1.51.